The third kappa shape index (κ3) is 2.96. The van der Waals surface area contributed by atoms with Crippen molar-refractivity contribution in [2.45, 2.75) is 39.7 Å². The molecule has 0 bridgehead atoms. The van der Waals surface area contributed by atoms with Crippen LogP contribution >= 0.6 is 0 Å². The summed E-state index contributed by atoms with van der Waals surface area (Å²) in [6.07, 6.45) is 3.38. The summed E-state index contributed by atoms with van der Waals surface area (Å²) >= 11 is 0. The first-order chi connectivity index (χ1) is 9.95. The van der Waals surface area contributed by atoms with E-state index in [0.29, 0.717) is 12.1 Å². The Morgan fingerprint density at radius 1 is 1.43 bits per heavy atom. The fourth-order valence-corrected chi connectivity index (χ4v) is 2.16. The summed E-state index contributed by atoms with van der Waals surface area (Å²) in [4.78, 5) is 17.0. The quantitative estimate of drug-likeness (QED) is 0.859. The minimum absolute atomic E-state index is 0.118. The van der Waals surface area contributed by atoms with Crippen LogP contribution in [0.5, 0.6) is 0 Å². The highest BCUT2D eigenvalue weighted by Gasteiger charge is 2.18. The molecule has 0 radical (unpaired) electrons. The van der Waals surface area contributed by atoms with Crippen molar-refractivity contribution in [3.8, 4) is 0 Å². The van der Waals surface area contributed by atoms with Gasteiger partial charge in [0.25, 0.3) is 5.91 Å². The van der Waals surface area contributed by atoms with Gasteiger partial charge in [0.2, 0.25) is 0 Å². The largest absolute Gasteiger partial charge is 0.349 e. The molecule has 0 atom stereocenters. The number of aromatic nitrogens is 3. The molecule has 0 saturated carbocycles. The maximum absolute atomic E-state index is 12.3. The summed E-state index contributed by atoms with van der Waals surface area (Å²) < 4.78 is 1.85. The number of nitrogens with one attached hydrogen (secondary N) is 1. The van der Waals surface area contributed by atoms with Gasteiger partial charge >= 0.3 is 0 Å². The van der Waals surface area contributed by atoms with Crippen LogP contribution in [-0.2, 0) is 0 Å². The van der Waals surface area contributed by atoms with Gasteiger partial charge in [-0.05, 0) is 25.8 Å². The molecule has 21 heavy (non-hydrogen) atoms. The third-order valence-electron chi connectivity index (χ3n) is 3.32. The van der Waals surface area contributed by atoms with Crippen LogP contribution in [0, 0.1) is 0 Å². The molecule has 5 nitrogen and oxygen atoms in total. The molecule has 2 aromatic heterocycles. The average molecular weight is 286 g/mol. The fourth-order valence-electron chi connectivity index (χ4n) is 2.16. The van der Waals surface area contributed by atoms with Crippen molar-refractivity contribution in [3.05, 3.63) is 36.2 Å². The second-order valence-electron chi connectivity index (χ2n) is 5.67. The normalized spacial score (nSPS) is 11.3. The van der Waals surface area contributed by atoms with E-state index < -0.39 is 0 Å². The van der Waals surface area contributed by atoms with Gasteiger partial charge in [-0.1, -0.05) is 19.9 Å². The topological polar surface area (TPSA) is 59.8 Å². The SMILES string of the molecule is C=CCNC(=O)c1cc(C(C)C)nc2c1cnn2C(C)C. The van der Waals surface area contributed by atoms with Crippen LogP contribution in [0.25, 0.3) is 11.0 Å². The first-order valence-electron chi connectivity index (χ1n) is 7.23. The Morgan fingerprint density at radius 3 is 2.71 bits per heavy atom. The lowest BCUT2D eigenvalue weighted by Gasteiger charge is -2.12. The molecule has 1 N–H and O–H groups in total. The molecule has 2 heterocycles. The summed E-state index contributed by atoms with van der Waals surface area (Å²) in [5.74, 6) is 0.128. The third-order valence-corrected chi connectivity index (χ3v) is 3.32. The highest BCUT2D eigenvalue weighted by Crippen LogP contribution is 2.24. The van der Waals surface area contributed by atoms with E-state index in [9.17, 15) is 4.79 Å². The van der Waals surface area contributed by atoms with Crippen LogP contribution in [-0.4, -0.2) is 27.2 Å². The predicted molar refractivity (Wildman–Crippen MR) is 84.5 cm³/mol. The molecular weight excluding hydrogens is 264 g/mol. The van der Waals surface area contributed by atoms with Gasteiger partial charge in [-0.25, -0.2) is 9.67 Å². The Labute approximate surface area is 125 Å². The van der Waals surface area contributed by atoms with Crippen LogP contribution < -0.4 is 5.32 Å². The molecule has 2 aromatic rings. The number of nitrogens with zero attached hydrogens (tertiary/aromatic N) is 3. The van der Waals surface area contributed by atoms with Crippen molar-refractivity contribution in [2.24, 2.45) is 0 Å². The van der Waals surface area contributed by atoms with Gasteiger partial charge in [0.15, 0.2) is 5.65 Å². The van der Waals surface area contributed by atoms with E-state index in [0.717, 1.165) is 16.7 Å². The van der Waals surface area contributed by atoms with Gasteiger partial charge in [-0.15, -0.1) is 6.58 Å². The molecule has 1 amide bonds. The molecule has 0 spiro atoms. The number of carbonyl (C=O) groups excluding carboxylic acids is 1. The number of hydrogen-bond acceptors (Lipinski definition) is 3. The Kier molecular flexibility index (Phi) is 4.40. The predicted octanol–water partition coefficient (Wildman–Crippen LogP) is 3.05. The van der Waals surface area contributed by atoms with Crippen LogP contribution in [0.1, 0.15) is 55.7 Å². The van der Waals surface area contributed by atoms with Gasteiger partial charge in [0, 0.05) is 18.3 Å². The summed E-state index contributed by atoms with van der Waals surface area (Å²) in [6, 6.07) is 2.05. The molecule has 5 heteroatoms. The Morgan fingerprint density at radius 2 is 2.14 bits per heavy atom. The second-order valence-corrected chi connectivity index (χ2v) is 5.67. The molecule has 0 unspecified atom stereocenters. The van der Waals surface area contributed by atoms with Gasteiger partial charge in [0.1, 0.15) is 0 Å². The number of hydrogen-bond donors (Lipinski definition) is 1. The van der Waals surface area contributed by atoms with E-state index in [1.165, 1.54) is 0 Å². The van der Waals surface area contributed by atoms with Crippen molar-refractivity contribution in [3.63, 3.8) is 0 Å². The van der Waals surface area contributed by atoms with Gasteiger partial charge in [-0.2, -0.15) is 5.10 Å². The molecule has 0 aliphatic rings. The van der Waals surface area contributed by atoms with Crippen molar-refractivity contribution < 1.29 is 4.79 Å². The highest BCUT2D eigenvalue weighted by molar-refractivity contribution is 6.05. The Bertz CT molecular complexity index is 670. The number of amides is 1. The maximum atomic E-state index is 12.3. The zero-order chi connectivity index (χ0) is 15.6. The van der Waals surface area contributed by atoms with Gasteiger partial charge < -0.3 is 5.32 Å². The standard InChI is InChI=1S/C16H22N4O/c1-6-7-17-16(21)12-8-14(10(2)3)19-15-13(12)9-18-20(15)11(4)5/h6,8-11H,1,7H2,2-5H3,(H,17,21). The lowest BCUT2D eigenvalue weighted by Crippen LogP contribution is -2.23. The average Bonchev–Trinajstić information content (AvgIpc) is 2.87. The van der Waals surface area contributed by atoms with E-state index in [-0.39, 0.29) is 17.9 Å². The number of pyridine rings is 1. The van der Waals surface area contributed by atoms with E-state index in [4.69, 9.17) is 0 Å². The summed E-state index contributed by atoms with van der Waals surface area (Å²) in [6.45, 7) is 12.3. The van der Waals surface area contributed by atoms with E-state index in [2.05, 4.69) is 35.8 Å². The monoisotopic (exact) mass is 286 g/mol. The van der Waals surface area contributed by atoms with Gasteiger partial charge in [-0.3, -0.25) is 4.79 Å². The smallest absolute Gasteiger partial charge is 0.252 e. The Balaban J connectivity index is 2.62. The summed E-state index contributed by atoms with van der Waals surface area (Å²) in [7, 11) is 0. The molecule has 0 fully saturated rings. The molecule has 0 aliphatic carbocycles. The zero-order valence-electron chi connectivity index (χ0n) is 13.1. The molecule has 0 saturated heterocycles. The Hall–Kier alpha value is -2.17. The van der Waals surface area contributed by atoms with Crippen LogP contribution in [0.2, 0.25) is 0 Å². The second kappa shape index (κ2) is 6.08. The number of fused-ring (bicyclic) bond motifs is 1. The highest BCUT2D eigenvalue weighted by atomic mass is 16.1. The van der Waals surface area contributed by atoms with Crippen LogP contribution in [0.15, 0.2) is 24.9 Å². The van der Waals surface area contributed by atoms with Crippen molar-refractivity contribution in [1.82, 2.24) is 20.1 Å². The number of rotatable bonds is 5. The van der Waals surface area contributed by atoms with E-state index in [1.807, 2.05) is 24.6 Å². The molecule has 0 aromatic carbocycles. The summed E-state index contributed by atoms with van der Waals surface area (Å²) in [5.41, 5.74) is 2.28. The van der Waals surface area contributed by atoms with Crippen LogP contribution in [0.4, 0.5) is 0 Å². The van der Waals surface area contributed by atoms with Crippen molar-refractivity contribution >= 4 is 16.9 Å². The fraction of sp³-hybridized carbons (Fsp3) is 0.438. The van der Waals surface area contributed by atoms with Crippen LogP contribution in [0.3, 0.4) is 0 Å². The molecule has 2 rings (SSSR count). The first kappa shape index (κ1) is 15.2. The molecule has 112 valence electrons. The van der Waals surface area contributed by atoms with Gasteiger partial charge in [0.05, 0.1) is 17.1 Å². The van der Waals surface area contributed by atoms with E-state index >= 15 is 0 Å². The first-order valence-corrected chi connectivity index (χ1v) is 7.23. The van der Waals surface area contributed by atoms with Crippen molar-refractivity contribution in [2.75, 3.05) is 6.54 Å². The summed E-state index contributed by atoms with van der Waals surface area (Å²) in [5, 5.41) is 7.98. The minimum Gasteiger partial charge on any atom is -0.349 e. The number of carbonyl (C=O) groups is 1. The maximum Gasteiger partial charge on any atom is 0.252 e. The lowest BCUT2D eigenvalue weighted by molar-refractivity contribution is 0.0959. The van der Waals surface area contributed by atoms with E-state index in [1.54, 1.807) is 12.3 Å². The van der Waals surface area contributed by atoms with Crippen molar-refractivity contribution in [1.29, 1.82) is 0 Å². The minimum atomic E-state index is -0.118. The zero-order valence-corrected chi connectivity index (χ0v) is 13.1. The molecular formula is C16H22N4O. The lowest BCUT2D eigenvalue weighted by atomic mass is 10.0. The molecule has 0 aliphatic heterocycles.